The van der Waals surface area contributed by atoms with Gasteiger partial charge in [0.25, 0.3) is 10.0 Å². The molecule has 0 atom stereocenters. The summed E-state index contributed by atoms with van der Waals surface area (Å²) in [5.74, 6) is -0.529. The molecule has 8 heteroatoms. The summed E-state index contributed by atoms with van der Waals surface area (Å²) in [6.07, 6.45) is 0. The predicted octanol–water partition coefficient (Wildman–Crippen LogP) is 2.68. The predicted molar refractivity (Wildman–Crippen MR) is 92.9 cm³/mol. The highest BCUT2D eigenvalue weighted by molar-refractivity contribution is 7.90. The van der Waals surface area contributed by atoms with Crippen LogP contribution in [0.25, 0.3) is 0 Å². The number of amides is 2. The summed E-state index contributed by atoms with van der Waals surface area (Å²) in [4.78, 5) is 23.6. The van der Waals surface area contributed by atoms with Crippen molar-refractivity contribution >= 4 is 27.7 Å². The summed E-state index contributed by atoms with van der Waals surface area (Å²) in [5.41, 5.74) is 1.42. The lowest BCUT2D eigenvalue weighted by Gasteiger charge is -2.10. The van der Waals surface area contributed by atoms with Crippen LogP contribution in [-0.2, 0) is 14.8 Å². The number of urea groups is 1. The van der Waals surface area contributed by atoms with Crippen LogP contribution in [-0.4, -0.2) is 27.0 Å². The lowest BCUT2D eigenvalue weighted by Crippen LogP contribution is -2.34. The topological polar surface area (TPSA) is 102 Å². The molecule has 0 aliphatic heterocycles. The summed E-state index contributed by atoms with van der Waals surface area (Å²) in [6, 6.07) is 11.2. The van der Waals surface area contributed by atoms with E-state index in [1.54, 1.807) is 25.1 Å². The Morgan fingerprint density at radius 1 is 1.08 bits per heavy atom. The summed E-state index contributed by atoms with van der Waals surface area (Å²) in [6.45, 7) is 3.74. The summed E-state index contributed by atoms with van der Waals surface area (Å²) >= 11 is 0. The third-order valence-electron chi connectivity index (χ3n) is 3.19. The first-order chi connectivity index (χ1) is 11.8. The second kappa shape index (κ2) is 7.80. The van der Waals surface area contributed by atoms with Gasteiger partial charge in [0.1, 0.15) is 0 Å². The van der Waals surface area contributed by atoms with Gasteiger partial charge in [0, 0.05) is 5.69 Å². The average Bonchev–Trinajstić information content (AvgIpc) is 2.55. The largest absolute Gasteiger partial charge is 0.462 e. The standard InChI is InChI=1S/C17H18N2O5S/c1-3-24-16(20)13-5-4-6-14(11-13)18-17(21)19-25(22,23)15-9-7-12(2)8-10-15/h4-11H,3H2,1-2H3,(H2,18,19,21). The third-order valence-corrected chi connectivity index (χ3v) is 4.54. The van der Waals surface area contributed by atoms with Crippen LogP contribution in [0.4, 0.5) is 10.5 Å². The van der Waals surface area contributed by atoms with E-state index in [4.69, 9.17) is 4.74 Å². The Hall–Kier alpha value is -2.87. The Morgan fingerprint density at radius 3 is 2.40 bits per heavy atom. The van der Waals surface area contributed by atoms with Gasteiger partial charge in [0.05, 0.1) is 17.1 Å². The van der Waals surface area contributed by atoms with E-state index in [1.165, 1.54) is 30.3 Å². The van der Waals surface area contributed by atoms with Gasteiger partial charge in [-0.1, -0.05) is 23.8 Å². The SMILES string of the molecule is CCOC(=O)c1cccc(NC(=O)NS(=O)(=O)c2ccc(C)cc2)c1. The normalized spacial score (nSPS) is 10.8. The number of carbonyl (C=O) groups is 2. The highest BCUT2D eigenvalue weighted by Gasteiger charge is 2.17. The molecule has 2 rings (SSSR count). The molecule has 0 aliphatic carbocycles. The van der Waals surface area contributed by atoms with Crippen molar-refractivity contribution in [3.05, 3.63) is 59.7 Å². The molecule has 0 aromatic heterocycles. The van der Waals surface area contributed by atoms with E-state index >= 15 is 0 Å². The molecular weight excluding hydrogens is 344 g/mol. The van der Waals surface area contributed by atoms with Crippen LogP contribution < -0.4 is 10.0 Å². The van der Waals surface area contributed by atoms with Crippen LogP contribution in [0.3, 0.4) is 0 Å². The number of hydrogen-bond donors (Lipinski definition) is 2. The minimum absolute atomic E-state index is 0.0199. The van der Waals surface area contributed by atoms with Crippen molar-refractivity contribution in [3.63, 3.8) is 0 Å². The van der Waals surface area contributed by atoms with Gasteiger partial charge in [-0.05, 0) is 44.2 Å². The molecule has 0 saturated heterocycles. The van der Waals surface area contributed by atoms with Gasteiger partial charge in [0.2, 0.25) is 0 Å². The number of carbonyl (C=O) groups excluding carboxylic acids is 2. The molecule has 132 valence electrons. The summed E-state index contributed by atoms with van der Waals surface area (Å²) in [5, 5.41) is 2.38. The quantitative estimate of drug-likeness (QED) is 0.796. The zero-order valence-electron chi connectivity index (χ0n) is 13.8. The molecule has 0 unspecified atom stereocenters. The number of anilines is 1. The van der Waals surface area contributed by atoms with Crippen molar-refractivity contribution in [1.29, 1.82) is 0 Å². The van der Waals surface area contributed by atoms with Crippen LogP contribution in [0.15, 0.2) is 53.4 Å². The van der Waals surface area contributed by atoms with Crippen molar-refractivity contribution in [2.24, 2.45) is 0 Å². The van der Waals surface area contributed by atoms with Gasteiger partial charge >= 0.3 is 12.0 Å². The molecule has 0 radical (unpaired) electrons. The molecule has 25 heavy (non-hydrogen) atoms. The fourth-order valence-electron chi connectivity index (χ4n) is 1.99. The van der Waals surface area contributed by atoms with Crippen molar-refractivity contribution in [1.82, 2.24) is 4.72 Å². The van der Waals surface area contributed by atoms with E-state index in [1.807, 2.05) is 11.6 Å². The maximum absolute atomic E-state index is 12.2. The molecule has 0 fully saturated rings. The fraction of sp³-hybridized carbons (Fsp3) is 0.176. The number of nitrogens with one attached hydrogen (secondary N) is 2. The number of hydrogen-bond acceptors (Lipinski definition) is 5. The van der Waals surface area contributed by atoms with E-state index in [0.717, 1.165) is 5.56 Å². The molecule has 2 amide bonds. The molecule has 0 bridgehead atoms. The van der Waals surface area contributed by atoms with E-state index in [0.29, 0.717) is 0 Å². The van der Waals surface area contributed by atoms with Crippen LogP contribution in [0.1, 0.15) is 22.8 Å². The summed E-state index contributed by atoms with van der Waals surface area (Å²) in [7, 11) is -3.99. The van der Waals surface area contributed by atoms with Gasteiger partial charge in [-0.2, -0.15) is 0 Å². The van der Waals surface area contributed by atoms with E-state index in [-0.39, 0.29) is 22.8 Å². The Bertz CT molecular complexity index is 876. The van der Waals surface area contributed by atoms with Crippen molar-refractivity contribution in [3.8, 4) is 0 Å². The second-order valence-electron chi connectivity index (χ2n) is 5.17. The lowest BCUT2D eigenvalue weighted by molar-refractivity contribution is 0.0526. The molecule has 2 aromatic carbocycles. The van der Waals surface area contributed by atoms with Crippen LogP contribution in [0.2, 0.25) is 0 Å². The van der Waals surface area contributed by atoms with Crippen LogP contribution in [0.5, 0.6) is 0 Å². The number of rotatable bonds is 5. The van der Waals surface area contributed by atoms with Crippen molar-refractivity contribution in [2.45, 2.75) is 18.7 Å². The van der Waals surface area contributed by atoms with Gasteiger partial charge in [-0.3, -0.25) is 0 Å². The third kappa shape index (κ3) is 5.05. The maximum Gasteiger partial charge on any atom is 0.338 e. The zero-order chi connectivity index (χ0) is 18.4. The number of aryl methyl sites for hydroxylation is 1. The maximum atomic E-state index is 12.2. The van der Waals surface area contributed by atoms with E-state index in [2.05, 4.69) is 5.32 Å². The minimum atomic E-state index is -3.99. The number of ether oxygens (including phenoxy) is 1. The smallest absolute Gasteiger partial charge is 0.338 e. The van der Waals surface area contributed by atoms with E-state index in [9.17, 15) is 18.0 Å². The highest BCUT2D eigenvalue weighted by atomic mass is 32.2. The summed E-state index contributed by atoms with van der Waals surface area (Å²) < 4.78 is 31.1. The average molecular weight is 362 g/mol. The first-order valence-corrected chi connectivity index (χ1v) is 8.98. The van der Waals surface area contributed by atoms with Crippen molar-refractivity contribution < 1.29 is 22.7 Å². The zero-order valence-corrected chi connectivity index (χ0v) is 14.6. The first-order valence-electron chi connectivity index (χ1n) is 7.49. The van der Waals surface area contributed by atoms with Crippen LogP contribution in [0, 0.1) is 6.92 Å². The van der Waals surface area contributed by atoms with E-state index < -0.39 is 22.0 Å². The number of esters is 1. The molecule has 2 N–H and O–H groups in total. The first kappa shape index (κ1) is 18.5. The van der Waals surface area contributed by atoms with Crippen molar-refractivity contribution in [2.75, 3.05) is 11.9 Å². The fourth-order valence-corrected chi connectivity index (χ4v) is 2.90. The van der Waals surface area contributed by atoms with Gasteiger partial charge < -0.3 is 10.1 Å². The van der Waals surface area contributed by atoms with Crippen LogP contribution >= 0.6 is 0 Å². The molecule has 2 aromatic rings. The number of benzene rings is 2. The molecule has 7 nitrogen and oxygen atoms in total. The second-order valence-corrected chi connectivity index (χ2v) is 6.86. The minimum Gasteiger partial charge on any atom is -0.462 e. The monoisotopic (exact) mass is 362 g/mol. The number of sulfonamides is 1. The van der Waals surface area contributed by atoms with Gasteiger partial charge in [0.15, 0.2) is 0 Å². The Morgan fingerprint density at radius 2 is 1.76 bits per heavy atom. The highest BCUT2D eigenvalue weighted by Crippen LogP contribution is 2.13. The van der Waals surface area contributed by atoms with Gasteiger partial charge in [-0.15, -0.1) is 0 Å². The lowest BCUT2D eigenvalue weighted by atomic mass is 10.2. The Balaban J connectivity index is 2.08. The molecule has 0 aliphatic rings. The molecule has 0 heterocycles. The Kier molecular flexibility index (Phi) is 5.76. The molecule has 0 saturated carbocycles. The molecule has 0 spiro atoms. The van der Waals surface area contributed by atoms with Gasteiger partial charge in [-0.25, -0.2) is 22.7 Å². The molecular formula is C17H18N2O5S. The Labute approximate surface area is 146 Å².